The van der Waals surface area contributed by atoms with Crippen LogP contribution in [0, 0.1) is 0 Å². The van der Waals surface area contributed by atoms with Crippen molar-refractivity contribution in [1.82, 2.24) is 0 Å². The highest BCUT2D eigenvalue weighted by Crippen LogP contribution is 2.28. The molecule has 1 aromatic carbocycles. The van der Waals surface area contributed by atoms with Crippen LogP contribution in [0.5, 0.6) is 5.75 Å². The fourth-order valence-electron chi connectivity index (χ4n) is 1.12. The van der Waals surface area contributed by atoms with Gasteiger partial charge >= 0.3 is 0 Å². The third kappa shape index (κ3) is 2.87. The molecule has 2 nitrogen and oxygen atoms in total. The lowest BCUT2D eigenvalue weighted by Gasteiger charge is -2.11. The summed E-state index contributed by atoms with van der Waals surface area (Å²) in [5, 5.41) is 10.6. The Morgan fingerprint density at radius 2 is 2.29 bits per heavy atom. The summed E-state index contributed by atoms with van der Waals surface area (Å²) in [4.78, 5) is 0. The Morgan fingerprint density at radius 1 is 1.57 bits per heavy atom. The maximum Gasteiger partial charge on any atom is 0.120 e. The highest BCUT2D eigenvalue weighted by atomic mass is 79.9. The highest BCUT2D eigenvalue weighted by molar-refractivity contribution is 9.09. The van der Waals surface area contributed by atoms with Gasteiger partial charge in [0.1, 0.15) is 5.75 Å². The van der Waals surface area contributed by atoms with Gasteiger partial charge in [-0.15, -0.1) is 0 Å². The number of benzene rings is 1. The van der Waals surface area contributed by atoms with Crippen LogP contribution in [0.2, 0.25) is 5.02 Å². The number of aliphatic hydroxyl groups is 1. The van der Waals surface area contributed by atoms with Gasteiger partial charge in [0.15, 0.2) is 0 Å². The molecule has 0 radical (unpaired) electrons. The predicted molar refractivity (Wildman–Crippen MR) is 61.4 cm³/mol. The number of ether oxygens (including phenoxy) is 1. The number of halogens is 2. The number of hydrogen-bond acceptors (Lipinski definition) is 2. The van der Waals surface area contributed by atoms with Crippen molar-refractivity contribution in [3.63, 3.8) is 0 Å². The van der Waals surface area contributed by atoms with Crippen molar-refractivity contribution >= 4 is 27.5 Å². The van der Waals surface area contributed by atoms with Gasteiger partial charge in [0.05, 0.1) is 17.7 Å². The van der Waals surface area contributed by atoms with Crippen molar-refractivity contribution in [2.24, 2.45) is 0 Å². The first kappa shape index (κ1) is 11.8. The quantitative estimate of drug-likeness (QED) is 0.858. The van der Waals surface area contributed by atoms with E-state index in [4.69, 9.17) is 16.3 Å². The van der Waals surface area contributed by atoms with Gasteiger partial charge < -0.3 is 9.84 Å². The van der Waals surface area contributed by atoms with Gasteiger partial charge in [0, 0.05) is 10.9 Å². The van der Waals surface area contributed by atoms with Gasteiger partial charge in [-0.25, -0.2) is 0 Å². The monoisotopic (exact) mass is 278 g/mol. The van der Waals surface area contributed by atoms with Gasteiger partial charge in [-0.3, -0.25) is 0 Å². The second kappa shape index (κ2) is 5.59. The highest BCUT2D eigenvalue weighted by Gasteiger charge is 2.10. The maximum atomic E-state index is 9.56. The molecule has 0 heterocycles. The third-order valence-electron chi connectivity index (χ3n) is 1.79. The average Bonchev–Trinajstić information content (AvgIpc) is 2.17. The number of hydrogen-bond donors (Lipinski definition) is 1. The number of aliphatic hydroxyl groups excluding tert-OH is 1. The zero-order chi connectivity index (χ0) is 10.6. The van der Waals surface area contributed by atoms with E-state index in [-0.39, 0.29) is 0 Å². The molecule has 1 N–H and O–H groups in total. The van der Waals surface area contributed by atoms with Gasteiger partial charge in [-0.1, -0.05) is 33.6 Å². The van der Waals surface area contributed by atoms with E-state index in [0.29, 0.717) is 22.5 Å². The minimum Gasteiger partial charge on any atom is -0.494 e. The van der Waals surface area contributed by atoms with Crippen LogP contribution in [-0.2, 0) is 0 Å². The molecule has 0 aromatic heterocycles. The molecule has 1 rings (SSSR count). The predicted octanol–water partition coefficient (Wildman–Crippen LogP) is 3.17. The Labute approximate surface area is 97.0 Å². The minimum absolute atomic E-state index is 0.473. The Morgan fingerprint density at radius 3 is 2.79 bits per heavy atom. The SMILES string of the molecule is CCOc1ccc(C(O)CBr)c(Cl)c1. The molecule has 1 unspecified atom stereocenters. The summed E-state index contributed by atoms with van der Waals surface area (Å²) in [5.41, 5.74) is 0.715. The van der Waals surface area contributed by atoms with E-state index in [9.17, 15) is 5.11 Å². The minimum atomic E-state index is -0.571. The molecule has 78 valence electrons. The molecule has 0 amide bonds. The normalized spacial score (nSPS) is 12.6. The second-order valence-electron chi connectivity index (χ2n) is 2.79. The van der Waals surface area contributed by atoms with Crippen molar-refractivity contribution in [2.75, 3.05) is 11.9 Å². The summed E-state index contributed by atoms with van der Waals surface area (Å²) in [7, 11) is 0. The van der Waals surface area contributed by atoms with E-state index in [1.165, 1.54) is 0 Å². The summed E-state index contributed by atoms with van der Waals surface area (Å²) in [6.07, 6.45) is -0.571. The standard InChI is InChI=1S/C10H12BrClO2/c1-2-14-7-3-4-8(9(12)5-7)10(13)6-11/h3-5,10,13H,2,6H2,1H3. The Balaban J connectivity index is 2.89. The lowest BCUT2D eigenvalue weighted by molar-refractivity contribution is 0.205. The molecule has 0 saturated heterocycles. The zero-order valence-electron chi connectivity index (χ0n) is 7.84. The largest absolute Gasteiger partial charge is 0.494 e. The van der Waals surface area contributed by atoms with E-state index in [1.54, 1.807) is 18.2 Å². The molecular weight excluding hydrogens is 267 g/mol. The maximum absolute atomic E-state index is 9.56. The fraction of sp³-hybridized carbons (Fsp3) is 0.400. The van der Waals surface area contributed by atoms with Crippen LogP contribution in [0.25, 0.3) is 0 Å². The van der Waals surface area contributed by atoms with Crippen molar-refractivity contribution in [1.29, 1.82) is 0 Å². The summed E-state index contributed by atoms with van der Waals surface area (Å²) in [6, 6.07) is 5.29. The molecule has 0 spiro atoms. The molecule has 0 aliphatic rings. The number of rotatable bonds is 4. The lowest BCUT2D eigenvalue weighted by atomic mass is 10.1. The van der Waals surface area contributed by atoms with Gasteiger partial charge in [-0.05, 0) is 19.1 Å². The topological polar surface area (TPSA) is 29.5 Å². The molecule has 0 fully saturated rings. The van der Waals surface area contributed by atoms with Gasteiger partial charge in [0.25, 0.3) is 0 Å². The van der Waals surface area contributed by atoms with Crippen LogP contribution in [0.1, 0.15) is 18.6 Å². The zero-order valence-corrected chi connectivity index (χ0v) is 10.2. The lowest BCUT2D eigenvalue weighted by Crippen LogP contribution is -2.00. The van der Waals surface area contributed by atoms with Crippen LogP contribution in [0.4, 0.5) is 0 Å². The Hall–Kier alpha value is -0.250. The van der Waals surface area contributed by atoms with E-state index < -0.39 is 6.10 Å². The summed E-state index contributed by atoms with van der Waals surface area (Å²) in [5.74, 6) is 0.725. The molecule has 4 heteroatoms. The third-order valence-corrected chi connectivity index (χ3v) is 2.73. The first-order valence-corrected chi connectivity index (χ1v) is 5.85. The van der Waals surface area contributed by atoms with Gasteiger partial charge in [-0.2, -0.15) is 0 Å². The van der Waals surface area contributed by atoms with Crippen molar-refractivity contribution < 1.29 is 9.84 Å². The van der Waals surface area contributed by atoms with Crippen molar-refractivity contribution in [3.05, 3.63) is 28.8 Å². The smallest absolute Gasteiger partial charge is 0.120 e. The van der Waals surface area contributed by atoms with E-state index in [0.717, 1.165) is 5.75 Å². The Bertz CT molecular complexity index is 304. The molecular formula is C10H12BrClO2. The van der Waals surface area contributed by atoms with Crippen LogP contribution < -0.4 is 4.74 Å². The van der Waals surface area contributed by atoms with Crippen LogP contribution in [-0.4, -0.2) is 17.0 Å². The first-order chi connectivity index (χ1) is 6.69. The van der Waals surface area contributed by atoms with Crippen LogP contribution in [0.3, 0.4) is 0 Å². The molecule has 0 aliphatic heterocycles. The summed E-state index contributed by atoms with van der Waals surface area (Å²) < 4.78 is 5.28. The fourth-order valence-corrected chi connectivity index (χ4v) is 1.76. The molecule has 1 aromatic rings. The first-order valence-electron chi connectivity index (χ1n) is 4.35. The van der Waals surface area contributed by atoms with E-state index in [2.05, 4.69) is 15.9 Å². The second-order valence-corrected chi connectivity index (χ2v) is 3.84. The van der Waals surface area contributed by atoms with Crippen molar-refractivity contribution in [2.45, 2.75) is 13.0 Å². The summed E-state index contributed by atoms with van der Waals surface area (Å²) in [6.45, 7) is 2.52. The number of alkyl halides is 1. The molecule has 1 atom stereocenters. The van der Waals surface area contributed by atoms with E-state index in [1.807, 2.05) is 6.92 Å². The van der Waals surface area contributed by atoms with Gasteiger partial charge in [0.2, 0.25) is 0 Å². The molecule has 14 heavy (non-hydrogen) atoms. The van der Waals surface area contributed by atoms with Crippen molar-refractivity contribution in [3.8, 4) is 5.75 Å². The average molecular weight is 280 g/mol. The summed E-state index contributed by atoms with van der Waals surface area (Å²) >= 11 is 9.17. The van der Waals surface area contributed by atoms with E-state index >= 15 is 0 Å². The Kier molecular flexibility index (Phi) is 4.72. The molecule has 0 aliphatic carbocycles. The molecule has 0 bridgehead atoms. The van der Waals surface area contributed by atoms with Crippen LogP contribution in [0.15, 0.2) is 18.2 Å². The van der Waals surface area contributed by atoms with Crippen LogP contribution >= 0.6 is 27.5 Å². The molecule has 0 saturated carbocycles.